The number of carbonyl (C=O) groups is 1. The van der Waals surface area contributed by atoms with Crippen molar-refractivity contribution in [3.8, 4) is 27.6 Å². The van der Waals surface area contributed by atoms with E-state index in [1.165, 1.54) is 11.3 Å². The van der Waals surface area contributed by atoms with Gasteiger partial charge in [0.15, 0.2) is 16.6 Å². The second-order valence-corrected chi connectivity index (χ2v) is 9.22. The molecule has 1 aliphatic carbocycles. The normalized spacial score (nSPS) is 13.2. The molecule has 34 heavy (non-hydrogen) atoms. The first kappa shape index (κ1) is 20.5. The minimum atomic E-state index is -0.302. The van der Waals surface area contributed by atoms with E-state index in [1.807, 2.05) is 78.5 Å². The van der Waals surface area contributed by atoms with Crippen LogP contribution in [0.5, 0.6) is 0 Å². The van der Waals surface area contributed by atoms with Crippen LogP contribution >= 0.6 is 11.3 Å². The smallest absolute Gasteiger partial charge is 0.279 e. The Labute approximate surface area is 199 Å². The van der Waals surface area contributed by atoms with Crippen LogP contribution in [0.25, 0.3) is 27.6 Å². The van der Waals surface area contributed by atoms with Crippen molar-refractivity contribution in [3.05, 3.63) is 84.4 Å². The maximum Gasteiger partial charge on any atom is 0.279 e. The van der Waals surface area contributed by atoms with Crippen LogP contribution in [0, 0.1) is 0 Å². The summed E-state index contributed by atoms with van der Waals surface area (Å²) in [6.07, 6.45) is 5.70. The molecule has 1 aliphatic rings. The Kier molecular flexibility index (Phi) is 5.03. The Hall–Kier alpha value is -4.11. The number of nitrogens with zero attached hydrogens (tertiary/aromatic N) is 6. The van der Waals surface area contributed by atoms with Crippen molar-refractivity contribution in [1.82, 2.24) is 29.5 Å². The molecule has 3 heterocycles. The Morgan fingerprint density at radius 3 is 2.47 bits per heavy atom. The summed E-state index contributed by atoms with van der Waals surface area (Å²) in [5, 5.41) is 12.0. The number of rotatable bonds is 6. The summed E-state index contributed by atoms with van der Waals surface area (Å²) in [6, 6.07) is 19.7. The van der Waals surface area contributed by atoms with Gasteiger partial charge in [0, 0.05) is 30.9 Å². The highest BCUT2D eigenvalue weighted by atomic mass is 32.1. The van der Waals surface area contributed by atoms with Gasteiger partial charge in [-0.25, -0.2) is 14.6 Å². The summed E-state index contributed by atoms with van der Waals surface area (Å²) < 4.78 is 3.73. The van der Waals surface area contributed by atoms with Crippen LogP contribution < -0.4 is 5.32 Å². The van der Waals surface area contributed by atoms with Crippen LogP contribution in [0.2, 0.25) is 0 Å². The van der Waals surface area contributed by atoms with Gasteiger partial charge in [-0.2, -0.15) is 0 Å². The van der Waals surface area contributed by atoms with E-state index in [1.54, 1.807) is 10.9 Å². The molecule has 3 aromatic heterocycles. The third kappa shape index (κ3) is 3.69. The van der Waals surface area contributed by atoms with Gasteiger partial charge in [-0.15, -0.1) is 5.10 Å². The highest BCUT2D eigenvalue weighted by Gasteiger charge is 2.34. The zero-order chi connectivity index (χ0) is 23.1. The molecular formula is C25H21N7OS. The van der Waals surface area contributed by atoms with Gasteiger partial charge in [0.25, 0.3) is 5.91 Å². The molecule has 1 fully saturated rings. The number of thiazole rings is 1. The molecular weight excluding hydrogens is 446 g/mol. The first-order chi connectivity index (χ1) is 16.7. The van der Waals surface area contributed by atoms with Crippen LogP contribution in [-0.4, -0.2) is 35.4 Å². The molecule has 9 heteroatoms. The summed E-state index contributed by atoms with van der Waals surface area (Å²) in [5.41, 5.74) is 3.85. The standard InChI is InChI=1S/C25H21N7OS/c1-31-15-14-26-23(31)22-19(16-8-4-2-5-9-16)27-25(34-22)28-24(33)20-21(17-12-13-17)32(30-29-20)18-10-6-3-7-11-18/h2-11,14-15,17H,12-13H2,1H3,(H,27,28,33). The number of hydrogen-bond acceptors (Lipinski definition) is 6. The number of imidazole rings is 1. The van der Waals surface area contributed by atoms with Crippen molar-refractivity contribution in [2.75, 3.05) is 5.32 Å². The number of para-hydroxylation sites is 1. The number of anilines is 1. The molecule has 0 aliphatic heterocycles. The zero-order valence-corrected chi connectivity index (χ0v) is 19.2. The summed E-state index contributed by atoms with van der Waals surface area (Å²) in [7, 11) is 1.94. The van der Waals surface area contributed by atoms with Gasteiger partial charge in [0.1, 0.15) is 0 Å². The molecule has 1 saturated carbocycles. The molecule has 0 bridgehead atoms. The molecule has 168 valence electrons. The first-order valence-electron chi connectivity index (χ1n) is 11.1. The number of amides is 1. The molecule has 8 nitrogen and oxygen atoms in total. The van der Waals surface area contributed by atoms with Gasteiger partial charge in [-0.05, 0) is 25.0 Å². The van der Waals surface area contributed by atoms with E-state index in [4.69, 9.17) is 4.98 Å². The van der Waals surface area contributed by atoms with E-state index in [-0.39, 0.29) is 11.8 Å². The van der Waals surface area contributed by atoms with Crippen molar-refractivity contribution in [2.24, 2.45) is 7.05 Å². The summed E-state index contributed by atoms with van der Waals surface area (Å²) >= 11 is 1.40. The second-order valence-electron chi connectivity index (χ2n) is 8.22. The summed E-state index contributed by atoms with van der Waals surface area (Å²) in [4.78, 5) is 23.5. The number of aryl methyl sites for hydroxylation is 1. The van der Waals surface area contributed by atoms with Gasteiger partial charge >= 0.3 is 0 Å². The Morgan fingerprint density at radius 2 is 1.79 bits per heavy atom. The molecule has 0 spiro atoms. The highest BCUT2D eigenvalue weighted by Crippen LogP contribution is 2.42. The molecule has 0 unspecified atom stereocenters. The molecule has 1 amide bonds. The zero-order valence-electron chi connectivity index (χ0n) is 18.4. The highest BCUT2D eigenvalue weighted by molar-refractivity contribution is 7.19. The quantitative estimate of drug-likeness (QED) is 0.383. The second kappa shape index (κ2) is 8.35. The minimum absolute atomic E-state index is 0.287. The van der Waals surface area contributed by atoms with Crippen molar-refractivity contribution < 1.29 is 4.79 Å². The SMILES string of the molecule is Cn1ccnc1-c1sc(NC(=O)c2nnn(-c3ccccc3)c2C2CC2)nc1-c1ccccc1. The van der Waals surface area contributed by atoms with Crippen molar-refractivity contribution in [2.45, 2.75) is 18.8 Å². The third-order valence-corrected chi connectivity index (χ3v) is 6.77. The lowest BCUT2D eigenvalue weighted by Crippen LogP contribution is -2.15. The minimum Gasteiger partial charge on any atom is -0.333 e. The molecule has 0 atom stereocenters. The lowest BCUT2D eigenvalue weighted by molar-refractivity contribution is 0.102. The topological polar surface area (TPSA) is 90.5 Å². The third-order valence-electron chi connectivity index (χ3n) is 5.80. The molecule has 0 radical (unpaired) electrons. The number of aromatic nitrogens is 6. The number of nitrogens with one attached hydrogen (secondary N) is 1. The van der Waals surface area contributed by atoms with Crippen molar-refractivity contribution in [1.29, 1.82) is 0 Å². The van der Waals surface area contributed by atoms with Crippen LogP contribution in [0.4, 0.5) is 5.13 Å². The van der Waals surface area contributed by atoms with E-state index in [2.05, 4.69) is 20.6 Å². The van der Waals surface area contributed by atoms with Crippen molar-refractivity contribution >= 4 is 22.4 Å². The largest absolute Gasteiger partial charge is 0.333 e. The molecule has 2 aromatic carbocycles. The Bertz CT molecular complexity index is 1470. The molecule has 5 aromatic rings. The van der Waals surface area contributed by atoms with Gasteiger partial charge in [-0.1, -0.05) is 65.1 Å². The van der Waals surface area contributed by atoms with E-state index >= 15 is 0 Å². The Morgan fingerprint density at radius 1 is 1.06 bits per heavy atom. The van der Waals surface area contributed by atoms with E-state index in [0.717, 1.165) is 46.2 Å². The van der Waals surface area contributed by atoms with Gasteiger partial charge < -0.3 is 4.57 Å². The predicted molar refractivity (Wildman–Crippen MR) is 131 cm³/mol. The van der Waals surface area contributed by atoms with Gasteiger partial charge in [0.05, 0.1) is 22.0 Å². The predicted octanol–water partition coefficient (Wildman–Crippen LogP) is 4.92. The van der Waals surface area contributed by atoms with Crippen LogP contribution in [0.1, 0.15) is 34.9 Å². The maximum absolute atomic E-state index is 13.3. The molecule has 6 rings (SSSR count). The van der Waals surface area contributed by atoms with Gasteiger partial charge in [-0.3, -0.25) is 10.1 Å². The fraction of sp³-hybridized carbons (Fsp3) is 0.160. The number of benzene rings is 2. The lowest BCUT2D eigenvalue weighted by atomic mass is 10.1. The van der Waals surface area contributed by atoms with Crippen LogP contribution in [0.15, 0.2) is 73.1 Å². The fourth-order valence-electron chi connectivity index (χ4n) is 3.99. The number of hydrogen-bond donors (Lipinski definition) is 1. The maximum atomic E-state index is 13.3. The van der Waals surface area contributed by atoms with Gasteiger partial charge in [0.2, 0.25) is 0 Å². The summed E-state index contributed by atoms with van der Waals surface area (Å²) in [6.45, 7) is 0. The fourth-order valence-corrected chi connectivity index (χ4v) is 5.01. The molecule has 0 saturated heterocycles. The summed E-state index contributed by atoms with van der Waals surface area (Å²) in [5.74, 6) is 0.782. The molecule has 1 N–H and O–H groups in total. The van der Waals surface area contributed by atoms with Crippen LogP contribution in [-0.2, 0) is 7.05 Å². The average Bonchev–Trinajstić information content (AvgIpc) is 3.26. The number of carbonyl (C=O) groups excluding carboxylic acids is 1. The average molecular weight is 468 g/mol. The van der Waals surface area contributed by atoms with E-state index in [9.17, 15) is 4.79 Å². The lowest BCUT2D eigenvalue weighted by Gasteiger charge is -2.06. The monoisotopic (exact) mass is 467 g/mol. The Balaban J connectivity index is 1.37. The van der Waals surface area contributed by atoms with E-state index < -0.39 is 0 Å². The van der Waals surface area contributed by atoms with E-state index in [0.29, 0.717) is 10.8 Å². The van der Waals surface area contributed by atoms with Crippen molar-refractivity contribution in [3.63, 3.8) is 0 Å². The first-order valence-corrected chi connectivity index (χ1v) is 11.9. The van der Waals surface area contributed by atoms with Crippen LogP contribution in [0.3, 0.4) is 0 Å².